The van der Waals surface area contributed by atoms with E-state index >= 15 is 0 Å². The fraction of sp³-hybridized carbons (Fsp3) is 0.500. The lowest BCUT2D eigenvalue weighted by Gasteiger charge is -2.11. The van der Waals surface area contributed by atoms with Crippen molar-refractivity contribution in [2.45, 2.75) is 46.6 Å². The highest BCUT2D eigenvalue weighted by atomic mass is 16.7. The third-order valence-corrected chi connectivity index (χ3v) is 3.24. The zero-order valence-electron chi connectivity index (χ0n) is 13.3. The van der Waals surface area contributed by atoms with Crippen molar-refractivity contribution in [3.63, 3.8) is 0 Å². The molecule has 0 saturated carbocycles. The average Bonchev–Trinajstić information content (AvgIpc) is 2.46. The number of rotatable bonds is 8. The van der Waals surface area contributed by atoms with E-state index in [1.54, 1.807) is 0 Å². The van der Waals surface area contributed by atoms with Gasteiger partial charge in [0.15, 0.2) is 0 Å². The van der Waals surface area contributed by atoms with E-state index < -0.39 is 6.16 Å². The third kappa shape index (κ3) is 8.90. The molecule has 0 aliphatic heterocycles. The minimum atomic E-state index is -0.588. The minimum absolute atomic E-state index is 0.260. The zero-order chi connectivity index (χ0) is 15.5. The summed E-state index contributed by atoms with van der Waals surface area (Å²) in [5.41, 5.74) is 2.31. The monoisotopic (exact) mass is 290 g/mol. The molecule has 0 N–H and O–H groups in total. The maximum absolute atomic E-state index is 11.4. The van der Waals surface area contributed by atoms with Gasteiger partial charge in [0.2, 0.25) is 0 Å². The second-order valence-corrected chi connectivity index (χ2v) is 5.63. The van der Waals surface area contributed by atoms with Crippen LogP contribution in [-0.4, -0.2) is 12.8 Å². The second kappa shape index (κ2) is 10.0. The molecule has 0 saturated heterocycles. The fourth-order valence-electron chi connectivity index (χ4n) is 1.90. The van der Waals surface area contributed by atoms with Crippen LogP contribution in [0, 0.1) is 5.92 Å². The van der Waals surface area contributed by atoms with Crippen LogP contribution < -0.4 is 0 Å². The molecular weight excluding hydrogens is 264 g/mol. The van der Waals surface area contributed by atoms with Gasteiger partial charge in [-0.2, -0.15) is 0 Å². The lowest BCUT2D eigenvalue weighted by Crippen LogP contribution is -2.10. The van der Waals surface area contributed by atoms with Crippen LogP contribution in [0.25, 0.3) is 0 Å². The van der Waals surface area contributed by atoms with Crippen molar-refractivity contribution < 1.29 is 14.3 Å². The van der Waals surface area contributed by atoms with Gasteiger partial charge in [-0.1, -0.05) is 48.9 Å². The van der Waals surface area contributed by atoms with Crippen LogP contribution in [0.1, 0.15) is 45.6 Å². The molecule has 116 valence electrons. The Balaban J connectivity index is 2.09. The SMILES string of the molecule is CC(C)=CCCC(C)CCOC(=O)OCc1ccccc1. The Hall–Kier alpha value is -1.77. The van der Waals surface area contributed by atoms with Crippen molar-refractivity contribution in [2.24, 2.45) is 5.92 Å². The molecule has 0 aromatic heterocycles. The van der Waals surface area contributed by atoms with E-state index in [9.17, 15) is 4.79 Å². The fourth-order valence-corrected chi connectivity index (χ4v) is 1.90. The Morgan fingerprint density at radius 3 is 2.52 bits per heavy atom. The zero-order valence-corrected chi connectivity index (χ0v) is 13.3. The maximum Gasteiger partial charge on any atom is 0.508 e. The molecule has 0 aliphatic rings. The number of ether oxygens (including phenoxy) is 2. The van der Waals surface area contributed by atoms with Crippen molar-refractivity contribution in [3.8, 4) is 0 Å². The smallest absolute Gasteiger partial charge is 0.434 e. The summed E-state index contributed by atoms with van der Waals surface area (Å²) >= 11 is 0. The van der Waals surface area contributed by atoms with Gasteiger partial charge in [0.1, 0.15) is 6.61 Å². The van der Waals surface area contributed by atoms with Crippen LogP contribution in [-0.2, 0) is 16.1 Å². The van der Waals surface area contributed by atoms with Crippen molar-refractivity contribution in [3.05, 3.63) is 47.5 Å². The lowest BCUT2D eigenvalue weighted by atomic mass is 10.0. The Bertz CT molecular complexity index is 433. The first-order valence-electron chi connectivity index (χ1n) is 7.54. The Morgan fingerprint density at radius 2 is 1.86 bits per heavy atom. The van der Waals surface area contributed by atoms with Crippen LogP contribution >= 0.6 is 0 Å². The highest BCUT2D eigenvalue weighted by Crippen LogP contribution is 2.12. The molecule has 1 aromatic carbocycles. The van der Waals surface area contributed by atoms with Gasteiger partial charge in [0, 0.05) is 0 Å². The van der Waals surface area contributed by atoms with Crippen LogP contribution in [0.3, 0.4) is 0 Å². The van der Waals surface area contributed by atoms with Crippen molar-refractivity contribution in [1.29, 1.82) is 0 Å². The van der Waals surface area contributed by atoms with Gasteiger partial charge in [0.25, 0.3) is 0 Å². The quantitative estimate of drug-likeness (QED) is 0.493. The number of hydrogen-bond acceptors (Lipinski definition) is 3. The topological polar surface area (TPSA) is 35.5 Å². The molecule has 3 nitrogen and oxygen atoms in total. The van der Waals surface area contributed by atoms with Crippen LogP contribution in [0.4, 0.5) is 4.79 Å². The van der Waals surface area contributed by atoms with Crippen LogP contribution in [0.5, 0.6) is 0 Å². The molecular formula is C18H26O3. The number of benzene rings is 1. The maximum atomic E-state index is 11.4. The predicted molar refractivity (Wildman–Crippen MR) is 85.0 cm³/mol. The van der Waals surface area contributed by atoms with Crippen molar-refractivity contribution in [1.82, 2.24) is 0 Å². The molecule has 0 radical (unpaired) electrons. The summed E-state index contributed by atoms with van der Waals surface area (Å²) in [6.45, 7) is 7.07. The predicted octanol–water partition coefficient (Wildman–Crippen LogP) is 5.11. The molecule has 3 heteroatoms. The Labute approximate surface area is 128 Å². The average molecular weight is 290 g/mol. The number of allylic oxidation sites excluding steroid dienone is 2. The van der Waals surface area contributed by atoms with Gasteiger partial charge in [-0.3, -0.25) is 0 Å². The highest BCUT2D eigenvalue weighted by Gasteiger charge is 2.06. The minimum Gasteiger partial charge on any atom is -0.434 e. The molecule has 21 heavy (non-hydrogen) atoms. The lowest BCUT2D eigenvalue weighted by molar-refractivity contribution is 0.0465. The van der Waals surface area contributed by atoms with Gasteiger partial charge in [0.05, 0.1) is 6.61 Å². The highest BCUT2D eigenvalue weighted by molar-refractivity contribution is 5.59. The van der Waals surface area contributed by atoms with Gasteiger partial charge in [-0.05, 0) is 44.6 Å². The molecule has 1 rings (SSSR count). The molecule has 1 unspecified atom stereocenters. The Kier molecular flexibility index (Phi) is 8.25. The van der Waals surface area contributed by atoms with Crippen molar-refractivity contribution >= 4 is 6.16 Å². The van der Waals surface area contributed by atoms with E-state index in [0.717, 1.165) is 24.8 Å². The molecule has 0 amide bonds. The van der Waals surface area contributed by atoms with E-state index in [-0.39, 0.29) is 6.61 Å². The number of carbonyl (C=O) groups is 1. The molecule has 0 fully saturated rings. The van der Waals surface area contributed by atoms with E-state index in [4.69, 9.17) is 9.47 Å². The first-order valence-corrected chi connectivity index (χ1v) is 7.54. The van der Waals surface area contributed by atoms with Crippen LogP contribution in [0.2, 0.25) is 0 Å². The summed E-state index contributed by atoms with van der Waals surface area (Å²) in [6, 6.07) is 9.59. The number of carbonyl (C=O) groups excluding carboxylic acids is 1. The first kappa shape index (κ1) is 17.3. The normalized spacial score (nSPS) is 11.6. The Morgan fingerprint density at radius 1 is 1.14 bits per heavy atom. The van der Waals surface area contributed by atoms with Crippen molar-refractivity contribution in [2.75, 3.05) is 6.61 Å². The second-order valence-electron chi connectivity index (χ2n) is 5.63. The summed E-state index contributed by atoms with van der Waals surface area (Å²) in [5, 5.41) is 0. The summed E-state index contributed by atoms with van der Waals surface area (Å²) in [6.07, 6.45) is 4.73. The molecule has 1 atom stereocenters. The van der Waals surface area contributed by atoms with E-state index in [0.29, 0.717) is 12.5 Å². The summed E-state index contributed by atoms with van der Waals surface area (Å²) in [5.74, 6) is 0.544. The molecule has 1 aromatic rings. The van der Waals surface area contributed by atoms with E-state index in [1.807, 2.05) is 30.3 Å². The van der Waals surface area contributed by atoms with Gasteiger partial charge in [-0.15, -0.1) is 0 Å². The van der Waals surface area contributed by atoms with Crippen LogP contribution in [0.15, 0.2) is 42.0 Å². The van der Waals surface area contributed by atoms with Gasteiger partial charge < -0.3 is 9.47 Å². The summed E-state index contributed by atoms with van der Waals surface area (Å²) < 4.78 is 10.1. The first-order chi connectivity index (χ1) is 10.1. The largest absolute Gasteiger partial charge is 0.508 e. The van der Waals surface area contributed by atoms with Gasteiger partial charge >= 0.3 is 6.16 Å². The molecule has 0 heterocycles. The molecule has 0 bridgehead atoms. The summed E-state index contributed by atoms with van der Waals surface area (Å²) in [4.78, 5) is 11.4. The van der Waals surface area contributed by atoms with Gasteiger partial charge in [-0.25, -0.2) is 4.79 Å². The standard InChI is InChI=1S/C18H26O3/c1-15(2)8-7-9-16(3)12-13-20-18(19)21-14-17-10-5-4-6-11-17/h4-6,8,10-11,16H,7,9,12-14H2,1-3H3. The third-order valence-electron chi connectivity index (χ3n) is 3.24. The molecule has 0 aliphatic carbocycles. The number of hydrogen-bond donors (Lipinski definition) is 0. The summed E-state index contributed by atoms with van der Waals surface area (Å²) in [7, 11) is 0. The molecule has 0 spiro atoms. The van der Waals surface area contributed by atoms with E-state index in [2.05, 4.69) is 26.8 Å². The van der Waals surface area contributed by atoms with E-state index in [1.165, 1.54) is 5.57 Å².